The van der Waals surface area contributed by atoms with Gasteiger partial charge in [0.15, 0.2) is 0 Å². The van der Waals surface area contributed by atoms with Crippen LogP contribution in [-0.4, -0.2) is 11.8 Å². The van der Waals surface area contributed by atoms with Crippen LogP contribution >= 0.6 is 0 Å². The van der Waals surface area contributed by atoms with Gasteiger partial charge in [0, 0.05) is 17.8 Å². The molecule has 68 valence electrons. The van der Waals surface area contributed by atoms with E-state index in [1.54, 1.807) is 20.8 Å². The van der Waals surface area contributed by atoms with Crippen molar-refractivity contribution in [3.63, 3.8) is 0 Å². The van der Waals surface area contributed by atoms with Gasteiger partial charge in [0.05, 0.1) is 0 Å². The topological polar surface area (TPSA) is 46.2 Å². The third-order valence-corrected chi connectivity index (χ3v) is 1.69. The zero-order chi connectivity index (χ0) is 12.9. The average Bonchev–Trinajstić information content (AvgIpc) is 1.97. The smallest absolute Gasteiger partial charge is 0.230 e. The maximum atomic E-state index is 11.6. The molecule has 0 aromatic carbocycles. The summed E-state index contributed by atoms with van der Waals surface area (Å²) in [4.78, 5) is 22.9. The Hall–Kier alpha value is -0.860. The van der Waals surface area contributed by atoms with Crippen LogP contribution in [0.2, 0.25) is 0 Å². The summed E-state index contributed by atoms with van der Waals surface area (Å²) in [5.41, 5.74) is -0.762. The lowest BCUT2D eigenvalue weighted by Gasteiger charge is -2.31. The molecule has 1 aliphatic rings. The molecule has 3 nitrogen and oxygen atoms in total. The van der Waals surface area contributed by atoms with E-state index in [-0.39, 0.29) is 0 Å². The highest BCUT2D eigenvalue weighted by Crippen LogP contribution is 2.31. The van der Waals surface area contributed by atoms with Crippen molar-refractivity contribution in [1.29, 1.82) is 0 Å². The Bertz CT molecular complexity index is 346. The molecule has 1 atom stereocenters. The normalized spacial score (nSPS) is 38.8. The molecule has 2 amide bonds. The summed E-state index contributed by atoms with van der Waals surface area (Å²) in [5.74, 6) is -3.16. The van der Waals surface area contributed by atoms with Gasteiger partial charge in [0.1, 0.15) is 0 Å². The predicted molar refractivity (Wildman–Crippen MR) is 45.3 cm³/mol. The quantitative estimate of drug-likeness (QED) is 0.557. The number of hydrogen-bond donors (Lipinski definition) is 1. The van der Waals surface area contributed by atoms with Gasteiger partial charge in [-0.2, -0.15) is 0 Å². The van der Waals surface area contributed by atoms with Crippen LogP contribution < -0.4 is 5.32 Å². The Labute approximate surface area is 78.1 Å². The standard InChI is InChI=1S/C9H15NO2/c1-9(2,3)6-4-5-7(11)10-8(6)12/h6H,4-5H2,1-3H3,(H,10,11,12)/i4D2,5D2. The molecule has 0 aliphatic carbocycles. The zero-order valence-electron chi connectivity index (χ0n) is 11.4. The lowest BCUT2D eigenvalue weighted by molar-refractivity contribution is -0.139. The molecular formula is C9H15NO2. The van der Waals surface area contributed by atoms with Crippen LogP contribution in [0, 0.1) is 11.3 Å². The van der Waals surface area contributed by atoms with Gasteiger partial charge in [-0.1, -0.05) is 20.8 Å². The highest BCUT2D eigenvalue weighted by Gasteiger charge is 2.35. The van der Waals surface area contributed by atoms with E-state index < -0.39 is 35.9 Å². The van der Waals surface area contributed by atoms with Crippen molar-refractivity contribution in [3.8, 4) is 0 Å². The van der Waals surface area contributed by atoms with Crippen molar-refractivity contribution < 1.29 is 15.1 Å². The molecule has 1 saturated heterocycles. The Kier molecular flexibility index (Phi) is 1.20. The van der Waals surface area contributed by atoms with E-state index >= 15 is 0 Å². The summed E-state index contributed by atoms with van der Waals surface area (Å²) in [6.45, 7) is 4.92. The number of amides is 2. The lowest BCUT2D eigenvalue weighted by Crippen LogP contribution is -2.45. The first-order chi connectivity index (χ1) is 6.92. The molecule has 12 heavy (non-hydrogen) atoms. The molecule has 1 fully saturated rings. The Morgan fingerprint density at radius 3 is 2.58 bits per heavy atom. The van der Waals surface area contributed by atoms with Crippen LogP contribution in [-0.2, 0) is 9.59 Å². The molecule has 0 aromatic heterocycles. The zero-order valence-corrected chi connectivity index (χ0v) is 7.39. The van der Waals surface area contributed by atoms with E-state index in [9.17, 15) is 9.59 Å². The first kappa shape index (κ1) is 5.00. The fraction of sp³-hybridized carbons (Fsp3) is 0.778. The highest BCUT2D eigenvalue weighted by atomic mass is 16.2. The Balaban J connectivity index is 3.30. The van der Waals surface area contributed by atoms with Crippen LogP contribution in [0.15, 0.2) is 0 Å². The number of imide groups is 1. The van der Waals surface area contributed by atoms with Crippen LogP contribution in [0.3, 0.4) is 0 Å². The first-order valence-corrected chi connectivity index (χ1v) is 3.77. The fourth-order valence-corrected chi connectivity index (χ4v) is 1.03. The second kappa shape index (κ2) is 2.88. The van der Waals surface area contributed by atoms with Crippen LogP contribution in [0.25, 0.3) is 0 Å². The third-order valence-electron chi connectivity index (χ3n) is 1.69. The van der Waals surface area contributed by atoms with Crippen molar-refractivity contribution in [1.82, 2.24) is 5.32 Å². The highest BCUT2D eigenvalue weighted by molar-refractivity contribution is 5.98. The van der Waals surface area contributed by atoms with Crippen molar-refractivity contribution in [2.45, 2.75) is 33.5 Å². The number of carbonyl (C=O) groups is 2. The van der Waals surface area contributed by atoms with Gasteiger partial charge in [-0.25, -0.2) is 0 Å². The van der Waals surface area contributed by atoms with E-state index in [2.05, 4.69) is 0 Å². The van der Waals surface area contributed by atoms with E-state index in [0.29, 0.717) is 0 Å². The minimum absolute atomic E-state index is 0.752. The van der Waals surface area contributed by atoms with E-state index in [0.717, 1.165) is 0 Å². The summed E-state index contributed by atoms with van der Waals surface area (Å²) in [6.07, 6.45) is -5.20. The molecule has 1 unspecified atom stereocenters. The first-order valence-electron chi connectivity index (χ1n) is 5.77. The molecule has 1 heterocycles. The second-order valence-corrected chi connectivity index (χ2v) is 3.89. The van der Waals surface area contributed by atoms with Crippen LogP contribution in [0.5, 0.6) is 0 Å². The lowest BCUT2D eigenvalue weighted by atomic mass is 9.76. The molecule has 0 saturated carbocycles. The van der Waals surface area contributed by atoms with Gasteiger partial charge in [-0.05, 0) is 11.8 Å². The van der Waals surface area contributed by atoms with Crippen molar-refractivity contribution in [2.75, 3.05) is 0 Å². The van der Waals surface area contributed by atoms with Crippen LogP contribution in [0.1, 0.15) is 39.0 Å². The monoisotopic (exact) mass is 173 g/mol. The van der Waals surface area contributed by atoms with Gasteiger partial charge in [0.2, 0.25) is 11.8 Å². The molecular weight excluding hydrogens is 154 g/mol. The summed E-state index contributed by atoms with van der Waals surface area (Å²) in [6, 6.07) is 0. The Morgan fingerprint density at radius 2 is 2.08 bits per heavy atom. The number of hydrogen-bond acceptors (Lipinski definition) is 2. The molecule has 0 spiro atoms. The summed E-state index contributed by atoms with van der Waals surface area (Å²) < 4.78 is 30.4. The average molecular weight is 173 g/mol. The molecule has 0 bridgehead atoms. The van der Waals surface area contributed by atoms with E-state index in [4.69, 9.17) is 5.48 Å². The number of piperidine rings is 1. The summed E-state index contributed by atoms with van der Waals surface area (Å²) >= 11 is 0. The van der Waals surface area contributed by atoms with E-state index in [1.165, 1.54) is 0 Å². The molecule has 0 radical (unpaired) electrons. The largest absolute Gasteiger partial charge is 0.296 e. The number of carbonyl (C=O) groups excluding carboxylic acids is 2. The maximum absolute atomic E-state index is 11.6. The van der Waals surface area contributed by atoms with Crippen molar-refractivity contribution >= 4 is 11.8 Å². The second-order valence-electron chi connectivity index (χ2n) is 3.89. The number of nitrogens with one attached hydrogen (secondary N) is 1. The third kappa shape index (κ3) is 1.84. The molecule has 3 heteroatoms. The van der Waals surface area contributed by atoms with Crippen LogP contribution in [0.4, 0.5) is 0 Å². The van der Waals surface area contributed by atoms with Gasteiger partial charge < -0.3 is 0 Å². The molecule has 1 N–H and O–H groups in total. The van der Waals surface area contributed by atoms with Gasteiger partial charge in [-0.15, -0.1) is 0 Å². The minimum Gasteiger partial charge on any atom is -0.296 e. The number of rotatable bonds is 0. The fourth-order valence-electron chi connectivity index (χ4n) is 1.03. The van der Waals surface area contributed by atoms with Gasteiger partial charge >= 0.3 is 0 Å². The van der Waals surface area contributed by atoms with Crippen molar-refractivity contribution in [2.24, 2.45) is 11.3 Å². The molecule has 1 aliphatic heterocycles. The van der Waals surface area contributed by atoms with Gasteiger partial charge in [-0.3, -0.25) is 14.9 Å². The SMILES string of the molecule is [2H]C1([2H])C(=O)NC(=O)C(C(C)(C)C)C1([2H])[2H]. The molecule has 0 aromatic rings. The summed E-state index contributed by atoms with van der Waals surface area (Å²) in [7, 11) is 0. The van der Waals surface area contributed by atoms with Gasteiger partial charge in [0.25, 0.3) is 0 Å². The van der Waals surface area contributed by atoms with E-state index in [1.807, 2.05) is 5.32 Å². The Morgan fingerprint density at radius 1 is 1.50 bits per heavy atom. The minimum atomic E-state index is -2.70. The van der Waals surface area contributed by atoms with Crippen molar-refractivity contribution in [3.05, 3.63) is 0 Å². The summed E-state index contributed by atoms with van der Waals surface area (Å²) in [5, 5.41) is 1.89. The predicted octanol–water partition coefficient (Wildman–Crippen LogP) is 1.09. The molecule has 1 rings (SSSR count). The maximum Gasteiger partial charge on any atom is 0.230 e.